The molecule has 156 valence electrons. The van der Waals surface area contributed by atoms with Gasteiger partial charge in [0.05, 0.1) is 19.7 Å². The minimum absolute atomic E-state index is 0.0718. The quantitative estimate of drug-likeness (QED) is 0.705. The van der Waals surface area contributed by atoms with Gasteiger partial charge in [0.2, 0.25) is 11.8 Å². The van der Waals surface area contributed by atoms with E-state index in [9.17, 15) is 9.59 Å². The molecule has 0 spiro atoms. The summed E-state index contributed by atoms with van der Waals surface area (Å²) in [6.45, 7) is 5.45. The Labute approximate surface area is 169 Å². The number of nitrogens with one attached hydrogen (secondary N) is 1. The van der Waals surface area contributed by atoms with Gasteiger partial charge in [-0.15, -0.1) is 0 Å². The molecule has 1 aromatic carbocycles. The maximum Gasteiger partial charge on any atom is 0.238 e. The van der Waals surface area contributed by atoms with Gasteiger partial charge in [0.25, 0.3) is 0 Å². The number of rotatable bonds is 9. The largest absolute Gasteiger partial charge is 0.383 e. The first-order valence-corrected chi connectivity index (χ1v) is 10.3. The van der Waals surface area contributed by atoms with Crippen molar-refractivity contribution < 1.29 is 14.3 Å². The number of carbonyl (C=O) groups excluding carboxylic acids is 2. The zero-order chi connectivity index (χ0) is 20.5. The highest BCUT2D eigenvalue weighted by Crippen LogP contribution is 2.22. The lowest BCUT2D eigenvalue weighted by Gasteiger charge is -2.33. The summed E-state index contributed by atoms with van der Waals surface area (Å²) in [7, 11) is 3.52. The molecule has 0 atom stereocenters. The van der Waals surface area contributed by atoms with Gasteiger partial charge >= 0.3 is 0 Å². The monoisotopic (exact) mass is 389 g/mol. The molecule has 0 bridgehead atoms. The minimum atomic E-state index is -0.113. The van der Waals surface area contributed by atoms with E-state index in [2.05, 4.69) is 5.32 Å². The zero-order valence-electron chi connectivity index (χ0n) is 17.8. The van der Waals surface area contributed by atoms with Crippen molar-refractivity contribution in [2.45, 2.75) is 52.0 Å². The Hall–Kier alpha value is -1.92. The molecule has 1 fully saturated rings. The highest BCUT2D eigenvalue weighted by atomic mass is 16.5. The van der Waals surface area contributed by atoms with Crippen LogP contribution in [0.15, 0.2) is 18.2 Å². The molecule has 1 N–H and O–H groups in total. The van der Waals surface area contributed by atoms with Crippen molar-refractivity contribution in [3.05, 3.63) is 29.3 Å². The highest BCUT2D eigenvalue weighted by Gasteiger charge is 2.24. The molecule has 2 amide bonds. The van der Waals surface area contributed by atoms with Gasteiger partial charge in [-0.25, -0.2) is 0 Å². The number of hydrogen-bond acceptors (Lipinski definition) is 4. The van der Waals surface area contributed by atoms with Crippen LogP contribution in [0.25, 0.3) is 0 Å². The van der Waals surface area contributed by atoms with Crippen LogP contribution in [0.4, 0.5) is 5.69 Å². The first kappa shape index (κ1) is 22.4. The number of carbonyl (C=O) groups is 2. The Morgan fingerprint density at radius 3 is 2.54 bits per heavy atom. The van der Waals surface area contributed by atoms with Crippen LogP contribution >= 0.6 is 0 Å². The number of aryl methyl sites for hydroxylation is 1. The van der Waals surface area contributed by atoms with Gasteiger partial charge in [0.1, 0.15) is 0 Å². The van der Waals surface area contributed by atoms with E-state index in [1.807, 2.05) is 48.9 Å². The molecule has 6 heteroatoms. The number of likely N-dealkylation sites (N-methyl/N-ethyl adjacent to an activating group) is 1. The molecule has 2 rings (SSSR count). The fourth-order valence-corrected chi connectivity index (χ4v) is 3.69. The third-order valence-corrected chi connectivity index (χ3v) is 5.73. The minimum Gasteiger partial charge on any atom is -0.383 e. The summed E-state index contributed by atoms with van der Waals surface area (Å²) >= 11 is 0. The number of nitrogens with zero attached hydrogens (tertiary/aromatic N) is 2. The van der Waals surface area contributed by atoms with Gasteiger partial charge in [-0.3, -0.25) is 14.5 Å². The predicted octanol–water partition coefficient (Wildman–Crippen LogP) is 2.98. The van der Waals surface area contributed by atoms with Crippen LogP contribution in [0.2, 0.25) is 0 Å². The van der Waals surface area contributed by atoms with Crippen molar-refractivity contribution in [1.29, 1.82) is 0 Å². The van der Waals surface area contributed by atoms with E-state index in [4.69, 9.17) is 4.74 Å². The highest BCUT2D eigenvalue weighted by molar-refractivity contribution is 5.93. The van der Waals surface area contributed by atoms with Crippen LogP contribution in [0.5, 0.6) is 0 Å². The molecule has 1 aliphatic rings. The van der Waals surface area contributed by atoms with Gasteiger partial charge in [0.15, 0.2) is 0 Å². The predicted molar refractivity (Wildman–Crippen MR) is 113 cm³/mol. The third-order valence-electron chi connectivity index (χ3n) is 5.73. The molecule has 0 unspecified atom stereocenters. The summed E-state index contributed by atoms with van der Waals surface area (Å²) in [5, 5.41) is 2.98. The van der Waals surface area contributed by atoms with Crippen molar-refractivity contribution in [3.63, 3.8) is 0 Å². The lowest BCUT2D eigenvalue weighted by atomic mass is 9.94. The van der Waals surface area contributed by atoms with Crippen molar-refractivity contribution in [3.8, 4) is 0 Å². The smallest absolute Gasteiger partial charge is 0.238 e. The maximum atomic E-state index is 12.8. The van der Waals surface area contributed by atoms with E-state index >= 15 is 0 Å². The van der Waals surface area contributed by atoms with Gasteiger partial charge in [0, 0.05) is 32.4 Å². The Kier molecular flexibility index (Phi) is 8.93. The molecule has 6 nitrogen and oxygen atoms in total. The van der Waals surface area contributed by atoms with Gasteiger partial charge in [-0.05, 0) is 43.9 Å². The van der Waals surface area contributed by atoms with E-state index in [0.717, 1.165) is 29.7 Å². The van der Waals surface area contributed by atoms with Gasteiger partial charge in [-0.1, -0.05) is 31.4 Å². The number of benzene rings is 1. The van der Waals surface area contributed by atoms with Crippen LogP contribution in [-0.4, -0.2) is 68.1 Å². The molecule has 0 aromatic heterocycles. The van der Waals surface area contributed by atoms with Crippen molar-refractivity contribution in [2.24, 2.45) is 0 Å². The molecule has 1 aromatic rings. The molecule has 0 heterocycles. The van der Waals surface area contributed by atoms with Gasteiger partial charge < -0.3 is 15.0 Å². The Morgan fingerprint density at radius 2 is 1.86 bits per heavy atom. The fourth-order valence-electron chi connectivity index (χ4n) is 3.69. The molecular weight excluding hydrogens is 354 g/mol. The summed E-state index contributed by atoms with van der Waals surface area (Å²) in [6, 6.07) is 6.19. The molecular formula is C22H35N3O3. The lowest BCUT2D eigenvalue weighted by Crippen LogP contribution is -2.46. The average molecular weight is 390 g/mol. The number of ether oxygens (including phenoxy) is 1. The van der Waals surface area contributed by atoms with Gasteiger partial charge in [-0.2, -0.15) is 0 Å². The number of anilines is 1. The van der Waals surface area contributed by atoms with E-state index in [1.54, 1.807) is 7.11 Å². The Morgan fingerprint density at radius 1 is 1.14 bits per heavy atom. The van der Waals surface area contributed by atoms with E-state index in [-0.39, 0.29) is 24.9 Å². The Bertz CT molecular complexity index is 656. The second-order valence-corrected chi connectivity index (χ2v) is 7.80. The lowest BCUT2D eigenvalue weighted by molar-refractivity contribution is -0.134. The molecule has 1 aliphatic carbocycles. The normalized spacial score (nSPS) is 14.9. The topological polar surface area (TPSA) is 61.9 Å². The summed E-state index contributed by atoms with van der Waals surface area (Å²) in [4.78, 5) is 29.1. The average Bonchev–Trinajstić information content (AvgIpc) is 2.69. The maximum absolute atomic E-state index is 12.8. The standard InChI is InChI=1S/C22H35N3O3/c1-17-9-8-12-20(18(17)2)23-21(26)15-25(13-14-28-4)16-22(27)24(3)19-10-6-5-7-11-19/h8-9,12,19H,5-7,10-11,13-16H2,1-4H3,(H,23,26). The summed E-state index contributed by atoms with van der Waals surface area (Å²) in [5.41, 5.74) is 3.02. The number of hydrogen-bond donors (Lipinski definition) is 1. The number of amides is 2. The van der Waals surface area contributed by atoms with Crippen LogP contribution in [0.3, 0.4) is 0 Å². The first-order valence-electron chi connectivity index (χ1n) is 10.3. The second kappa shape index (κ2) is 11.2. The van der Waals surface area contributed by atoms with Crippen LogP contribution in [-0.2, 0) is 14.3 Å². The SMILES string of the molecule is COCCN(CC(=O)Nc1cccc(C)c1C)CC(=O)N(C)C1CCCCC1. The first-order chi connectivity index (χ1) is 13.4. The zero-order valence-corrected chi connectivity index (χ0v) is 17.8. The molecule has 0 radical (unpaired) electrons. The summed E-state index contributed by atoms with van der Waals surface area (Å²) in [6.07, 6.45) is 5.79. The molecule has 0 saturated heterocycles. The van der Waals surface area contributed by atoms with Crippen LogP contribution in [0.1, 0.15) is 43.2 Å². The molecule has 1 saturated carbocycles. The third kappa shape index (κ3) is 6.60. The Balaban J connectivity index is 1.94. The van der Waals surface area contributed by atoms with Crippen LogP contribution < -0.4 is 5.32 Å². The van der Waals surface area contributed by atoms with Crippen molar-refractivity contribution >= 4 is 17.5 Å². The van der Waals surface area contributed by atoms with Crippen molar-refractivity contribution in [2.75, 3.05) is 45.7 Å². The van der Waals surface area contributed by atoms with E-state index < -0.39 is 0 Å². The van der Waals surface area contributed by atoms with Crippen LogP contribution in [0, 0.1) is 13.8 Å². The van der Waals surface area contributed by atoms with E-state index in [1.165, 1.54) is 19.3 Å². The summed E-state index contributed by atoms with van der Waals surface area (Å²) < 4.78 is 5.17. The molecule has 0 aliphatic heterocycles. The molecule has 28 heavy (non-hydrogen) atoms. The fraction of sp³-hybridized carbons (Fsp3) is 0.636. The summed E-state index contributed by atoms with van der Waals surface area (Å²) in [5.74, 6) is -0.0412. The second-order valence-electron chi connectivity index (χ2n) is 7.80. The van der Waals surface area contributed by atoms with Crippen molar-refractivity contribution in [1.82, 2.24) is 9.80 Å². The van der Waals surface area contributed by atoms with E-state index in [0.29, 0.717) is 19.2 Å². The number of methoxy groups -OCH3 is 1.